The molecule has 1 aromatic carbocycles. The van der Waals surface area contributed by atoms with E-state index in [9.17, 15) is 12.8 Å². The van der Waals surface area contributed by atoms with Crippen LogP contribution >= 0.6 is 0 Å². The number of hydrogen-bond acceptors (Lipinski definition) is 4. The van der Waals surface area contributed by atoms with Crippen molar-refractivity contribution in [1.82, 2.24) is 4.31 Å². The molecule has 0 aliphatic heterocycles. The normalized spacial score (nSPS) is 11.4. The zero-order valence-electron chi connectivity index (χ0n) is 11.7. The van der Waals surface area contributed by atoms with Crippen molar-refractivity contribution < 1.29 is 17.5 Å². The number of sulfonamides is 1. The van der Waals surface area contributed by atoms with E-state index in [1.165, 1.54) is 26.2 Å². The van der Waals surface area contributed by atoms with Crippen LogP contribution in [0.4, 0.5) is 4.39 Å². The first-order valence-electron chi connectivity index (χ1n) is 6.10. The van der Waals surface area contributed by atoms with Crippen molar-refractivity contribution in [1.29, 1.82) is 5.26 Å². The van der Waals surface area contributed by atoms with Crippen molar-refractivity contribution >= 4 is 10.0 Å². The van der Waals surface area contributed by atoms with Gasteiger partial charge in [-0.3, -0.25) is 0 Å². The fourth-order valence-electron chi connectivity index (χ4n) is 1.83. The summed E-state index contributed by atoms with van der Waals surface area (Å²) in [7, 11) is -2.58. The molecule has 0 unspecified atom stereocenters. The number of nitrogens with zero attached hydrogens (tertiary/aromatic N) is 2. The SMILES string of the molecule is CCCN(CC#N)S(=O)(=O)c1ccc(OC)c(F)c1C. The highest BCUT2D eigenvalue weighted by molar-refractivity contribution is 7.89. The molecule has 0 aliphatic carbocycles. The van der Waals surface area contributed by atoms with Gasteiger partial charge in [-0.15, -0.1) is 0 Å². The standard InChI is InChI=1S/C13H17FN2O3S/c1-4-8-16(9-7-15)20(17,18)12-6-5-11(19-3)13(14)10(12)2/h5-6H,4,8-9H2,1-3H3. The van der Waals surface area contributed by atoms with Gasteiger partial charge in [-0.2, -0.15) is 9.57 Å². The van der Waals surface area contributed by atoms with E-state index < -0.39 is 15.8 Å². The van der Waals surface area contributed by atoms with Crippen molar-refractivity contribution in [3.05, 3.63) is 23.5 Å². The van der Waals surface area contributed by atoms with Crippen LogP contribution in [-0.2, 0) is 10.0 Å². The summed E-state index contributed by atoms with van der Waals surface area (Å²) in [6.45, 7) is 3.13. The largest absolute Gasteiger partial charge is 0.494 e. The van der Waals surface area contributed by atoms with E-state index >= 15 is 0 Å². The van der Waals surface area contributed by atoms with Gasteiger partial charge in [-0.1, -0.05) is 6.92 Å². The number of ether oxygens (including phenoxy) is 1. The van der Waals surface area contributed by atoms with Gasteiger partial charge in [0.25, 0.3) is 0 Å². The molecule has 0 saturated heterocycles. The minimum absolute atomic E-state index is 0.0104. The Morgan fingerprint density at radius 2 is 2.10 bits per heavy atom. The lowest BCUT2D eigenvalue weighted by Crippen LogP contribution is -2.32. The average Bonchev–Trinajstić information content (AvgIpc) is 2.41. The van der Waals surface area contributed by atoms with Gasteiger partial charge in [0.15, 0.2) is 11.6 Å². The van der Waals surface area contributed by atoms with Gasteiger partial charge in [0.2, 0.25) is 10.0 Å². The molecule has 7 heteroatoms. The maximum atomic E-state index is 14.0. The summed E-state index contributed by atoms with van der Waals surface area (Å²) < 4.78 is 44.7. The lowest BCUT2D eigenvalue weighted by molar-refractivity contribution is 0.383. The first-order chi connectivity index (χ1) is 9.39. The molecule has 0 N–H and O–H groups in total. The molecule has 0 amide bonds. The maximum Gasteiger partial charge on any atom is 0.244 e. The van der Waals surface area contributed by atoms with Gasteiger partial charge in [0.05, 0.1) is 18.1 Å². The van der Waals surface area contributed by atoms with Crippen LogP contribution in [0.3, 0.4) is 0 Å². The smallest absolute Gasteiger partial charge is 0.244 e. The van der Waals surface area contributed by atoms with E-state index in [0.29, 0.717) is 6.42 Å². The van der Waals surface area contributed by atoms with Crippen LogP contribution in [0, 0.1) is 24.1 Å². The Bertz CT molecular complexity index is 623. The zero-order chi connectivity index (χ0) is 15.3. The maximum absolute atomic E-state index is 14.0. The molecular formula is C13H17FN2O3S. The summed E-state index contributed by atoms with van der Waals surface area (Å²) in [5.74, 6) is -0.717. The van der Waals surface area contributed by atoms with Crippen LogP contribution in [0.2, 0.25) is 0 Å². The minimum Gasteiger partial charge on any atom is -0.494 e. The number of halogens is 1. The van der Waals surface area contributed by atoms with E-state index in [-0.39, 0.29) is 29.3 Å². The summed E-state index contributed by atoms with van der Waals surface area (Å²) in [5.41, 5.74) is -0.0107. The van der Waals surface area contributed by atoms with E-state index in [4.69, 9.17) is 10.00 Å². The quantitative estimate of drug-likeness (QED) is 0.754. The van der Waals surface area contributed by atoms with E-state index in [2.05, 4.69) is 0 Å². The monoisotopic (exact) mass is 300 g/mol. The van der Waals surface area contributed by atoms with Crippen LogP contribution in [0.1, 0.15) is 18.9 Å². The molecule has 0 saturated carbocycles. The molecule has 0 bridgehead atoms. The molecule has 110 valence electrons. The second kappa shape index (κ2) is 6.68. The number of nitriles is 1. The number of benzene rings is 1. The molecule has 0 atom stereocenters. The molecule has 1 aromatic rings. The lowest BCUT2D eigenvalue weighted by atomic mass is 10.2. The van der Waals surface area contributed by atoms with Crippen LogP contribution in [-0.4, -0.2) is 32.9 Å². The fraction of sp³-hybridized carbons (Fsp3) is 0.462. The van der Waals surface area contributed by atoms with Crippen LogP contribution < -0.4 is 4.74 Å². The Hall–Kier alpha value is -1.65. The van der Waals surface area contributed by atoms with Crippen molar-refractivity contribution in [3.63, 3.8) is 0 Å². The van der Waals surface area contributed by atoms with Crippen LogP contribution in [0.15, 0.2) is 17.0 Å². The second-order valence-electron chi connectivity index (χ2n) is 4.20. The first kappa shape index (κ1) is 16.4. The van der Waals surface area contributed by atoms with Crippen LogP contribution in [0.25, 0.3) is 0 Å². The predicted octanol–water partition coefficient (Wildman–Crippen LogP) is 2.07. The molecule has 0 spiro atoms. The predicted molar refractivity (Wildman–Crippen MR) is 72.4 cm³/mol. The third-order valence-electron chi connectivity index (χ3n) is 2.86. The first-order valence-corrected chi connectivity index (χ1v) is 7.54. The molecule has 1 rings (SSSR count). The summed E-state index contributed by atoms with van der Waals surface area (Å²) in [6, 6.07) is 4.38. The van der Waals surface area contributed by atoms with E-state index in [0.717, 1.165) is 4.31 Å². The Morgan fingerprint density at radius 3 is 2.60 bits per heavy atom. The Balaban J connectivity index is 3.35. The molecule has 0 heterocycles. The summed E-state index contributed by atoms with van der Waals surface area (Å²) in [5, 5.41) is 8.73. The fourth-order valence-corrected chi connectivity index (χ4v) is 3.48. The van der Waals surface area contributed by atoms with Crippen molar-refractivity contribution in [2.24, 2.45) is 0 Å². The second-order valence-corrected chi connectivity index (χ2v) is 6.11. The van der Waals surface area contributed by atoms with Gasteiger partial charge >= 0.3 is 0 Å². The van der Waals surface area contributed by atoms with Gasteiger partial charge in [0.1, 0.15) is 6.54 Å². The molecule has 0 radical (unpaired) electrons. The molecule has 20 heavy (non-hydrogen) atoms. The highest BCUT2D eigenvalue weighted by Crippen LogP contribution is 2.28. The van der Waals surface area contributed by atoms with Crippen molar-refractivity contribution in [2.45, 2.75) is 25.2 Å². The van der Waals surface area contributed by atoms with Crippen molar-refractivity contribution in [3.8, 4) is 11.8 Å². The van der Waals surface area contributed by atoms with Gasteiger partial charge in [0, 0.05) is 12.1 Å². The molecule has 0 fully saturated rings. The summed E-state index contributed by atoms with van der Waals surface area (Å²) in [4.78, 5) is -0.139. The van der Waals surface area contributed by atoms with Gasteiger partial charge < -0.3 is 4.74 Å². The Kier molecular flexibility index (Phi) is 5.48. The molecule has 0 aromatic heterocycles. The lowest BCUT2D eigenvalue weighted by Gasteiger charge is -2.20. The van der Waals surface area contributed by atoms with Gasteiger partial charge in [-0.25, -0.2) is 12.8 Å². The van der Waals surface area contributed by atoms with E-state index in [1.807, 2.05) is 6.07 Å². The summed E-state index contributed by atoms with van der Waals surface area (Å²) >= 11 is 0. The van der Waals surface area contributed by atoms with Gasteiger partial charge in [-0.05, 0) is 25.5 Å². The van der Waals surface area contributed by atoms with E-state index in [1.54, 1.807) is 6.92 Å². The third-order valence-corrected chi connectivity index (χ3v) is 4.85. The molecular weight excluding hydrogens is 283 g/mol. The minimum atomic E-state index is -3.89. The topological polar surface area (TPSA) is 70.4 Å². The average molecular weight is 300 g/mol. The third kappa shape index (κ3) is 3.08. The highest BCUT2D eigenvalue weighted by atomic mass is 32.2. The zero-order valence-corrected chi connectivity index (χ0v) is 12.5. The van der Waals surface area contributed by atoms with Crippen LogP contribution in [0.5, 0.6) is 5.75 Å². The number of hydrogen-bond donors (Lipinski definition) is 0. The summed E-state index contributed by atoms with van der Waals surface area (Å²) in [6.07, 6.45) is 0.568. The van der Waals surface area contributed by atoms with Crippen molar-refractivity contribution in [2.75, 3.05) is 20.2 Å². The molecule has 0 aliphatic rings. The number of methoxy groups -OCH3 is 1. The highest BCUT2D eigenvalue weighted by Gasteiger charge is 2.27. The Labute approximate surface area is 118 Å². The Morgan fingerprint density at radius 1 is 1.45 bits per heavy atom. The molecule has 5 nitrogen and oxygen atoms in total. The number of rotatable bonds is 6.